The standard InChI is InChI=1S/C28H53N7O3/c1-8-10-25(7)28(38)33(17-11-29)19-13-31-15-21-35(27(37)24(5)6)22-16-32-14-20-34(18-12-30-9-2)26(36)23(3)4/h10,30-32H,3,5,8-9,11-22,29H2,1-2,4,6-7H3/b25-10+. The smallest absolute Gasteiger partial charge is 0.249 e. The molecule has 0 spiro atoms. The molecule has 0 heterocycles. The molecule has 0 rings (SSSR count). The maximum Gasteiger partial charge on any atom is 0.249 e. The molecule has 0 saturated heterocycles. The molecule has 10 heteroatoms. The van der Waals surface area contributed by atoms with E-state index in [2.05, 4.69) is 29.1 Å². The Morgan fingerprint density at radius 2 is 1.03 bits per heavy atom. The molecule has 5 N–H and O–H groups in total. The van der Waals surface area contributed by atoms with Crippen LogP contribution in [0.4, 0.5) is 0 Å². The first kappa shape index (κ1) is 35.5. The Morgan fingerprint density at radius 3 is 1.34 bits per heavy atom. The summed E-state index contributed by atoms with van der Waals surface area (Å²) >= 11 is 0. The molecule has 0 aliphatic heterocycles. The number of hydrogen-bond acceptors (Lipinski definition) is 7. The maximum atomic E-state index is 12.6. The minimum Gasteiger partial charge on any atom is -0.336 e. The average molecular weight is 536 g/mol. The lowest BCUT2D eigenvalue weighted by atomic mass is 10.2. The lowest BCUT2D eigenvalue weighted by Crippen LogP contribution is -2.45. The summed E-state index contributed by atoms with van der Waals surface area (Å²) in [5, 5.41) is 9.91. The van der Waals surface area contributed by atoms with Crippen molar-refractivity contribution in [1.29, 1.82) is 0 Å². The zero-order valence-electron chi connectivity index (χ0n) is 24.5. The van der Waals surface area contributed by atoms with E-state index in [1.165, 1.54) is 0 Å². The van der Waals surface area contributed by atoms with Crippen LogP contribution in [0.2, 0.25) is 0 Å². The highest BCUT2D eigenvalue weighted by molar-refractivity contribution is 5.93. The van der Waals surface area contributed by atoms with Gasteiger partial charge in [0.1, 0.15) is 0 Å². The summed E-state index contributed by atoms with van der Waals surface area (Å²) < 4.78 is 0. The van der Waals surface area contributed by atoms with Crippen molar-refractivity contribution in [3.63, 3.8) is 0 Å². The van der Waals surface area contributed by atoms with E-state index in [9.17, 15) is 14.4 Å². The van der Waals surface area contributed by atoms with E-state index in [-0.39, 0.29) is 17.7 Å². The Morgan fingerprint density at radius 1 is 0.658 bits per heavy atom. The van der Waals surface area contributed by atoms with Crippen LogP contribution >= 0.6 is 0 Å². The Hall–Kier alpha value is -2.53. The molecule has 3 amide bonds. The van der Waals surface area contributed by atoms with Crippen molar-refractivity contribution in [1.82, 2.24) is 30.7 Å². The Bertz CT molecular complexity index is 782. The Kier molecular flexibility index (Phi) is 20.0. The van der Waals surface area contributed by atoms with Crippen molar-refractivity contribution >= 4 is 17.7 Å². The van der Waals surface area contributed by atoms with Gasteiger partial charge in [0.2, 0.25) is 17.7 Å². The number of allylic oxidation sites excluding steroid dienone is 1. The van der Waals surface area contributed by atoms with E-state index in [4.69, 9.17) is 5.73 Å². The van der Waals surface area contributed by atoms with Crippen molar-refractivity contribution < 1.29 is 14.4 Å². The number of nitrogens with one attached hydrogen (secondary N) is 3. The van der Waals surface area contributed by atoms with Crippen LogP contribution in [0.3, 0.4) is 0 Å². The highest BCUT2D eigenvalue weighted by Crippen LogP contribution is 2.03. The van der Waals surface area contributed by atoms with Crippen molar-refractivity contribution in [2.24, 2.45) is 5.73 Å². The number of nitrogens with zero attached hydrogens (tertiary/aromatic N) is 3. The number of carbonyl (C=O) groups is 3. The summed E-state index contributed by atoms with van der Waals surface area (Å²) in [6, 6.07) is 0. The molecule has 218 valence electrons. The first-order chi connectivity index (χ1) is 18.1. The van der Waals surface area contributed by atoms with Crippen LogP contribution in [-0.2, 0) is 14.4 Å². The average Bonchev–Trinajstić information content (AvgIpc) is 2.88. The molecular weight excluding hydrogens is 482 g/mol. The molecule has 0 aliphatic rings. The van der Waals surface area contributed by atoms with Crippen molar-refractivity contribution in [3.8, 4) is 0 Å². The van der Waals surface area contributed by atoms with Gasteiger partial charge in [0.25, 0.3) is 0 Å². The van der Waals surface area contributed by atoms with E-state index in [0.29, 0.717) is 83.1 Å². The summed E-state index contributed by atoms with van der Waals surface area (Å²) in [5.74, 6) is -0.119. The minimum absolute atomic E-state index is 0.00871. The van der Waals surface area contributed by atoms with Gasteiger partial charge in [-0.2, -0.15) is 0 Å². The fourth-order valence-corrected chi connectivity index (χ4v) is 3.78. The third-order valence-electron chi connectivity index (χ3n) is 5.88. The molecule has 0 atom stereocenters. The van der Waals surface area contributed by atoms with Gasteiger partial charge >= 0.3 is 0 Å². The van der Waals surface area contributed by atoms with Crippen molar-refractivity contribution in [2.75, 3.05) is 85.1 Å². The third kappa shape index (κ3) is 15.0. The fourth-order valence-electron chi connectivity index (χ4n) is 3.78. The van der Waals surface area contributed by atoms with Gasteiger partial charge in [-0.25, -0.2) is 0 Å². The zero-order chi connectivity index (χ0) is 28.9. The van der Waals surface area contributed by atoms with E-state index in [1.807, 2.05) is 26.8 Å². The summed E-state index contributed by atoms with van der Waals surface area (Å²) in [5.41, 5.74) is 7.44. The predicted octanol–water partition coefficient (Wildman–Crippen LogP) is 0.728. The summed E-state index contributed by atoms with van der Waals surface area (Å²) in [7, 11) is 0. The lowest BCUT2D eigenvalue weighted by molar-refractivity contribution is -0.127. The molecule has 0 unspecified atom stereocenters. The summed E-state index contributed by atoms with van der Waals surface area (Å²) in [6.45, 7) is 24.6. The molecular formula is C28H53N7O3. The molecule has 0 saturated carbocycles. The third-order valence-corrected chi connectivity index (χ3v) is 5.88. The van der Waals surface area contributed by atoms with Crippen LogP contribution in [-0.4, -0.2) is 118 Å². The largest absolute Gasteiger partial charge is 0.336 e. The molecule has 0 aromatic heterocycles. The van der Waals surface area contributed by atoms with Gasteiger partial charge in [-0.05, 0) is 33.7 Å². The molecule has 10 nitrogen and oxygen atoms in total. The Balaban J connectivity index is 4.65. The maximum absolute atomic E-state index is 12.6. The van der Waals surface area contributed by atoms with Crippen LogP contribution in [0.15, 0.2) is 36.0 Å². The highest BCUT2D eigenvalue weighted by atomic mass is 16.2. The number of hydrogen-bond donors (Lipinski definition) is 4. The number of likely N-dealkylation sites (N-methyl/N-ethyl adjacent to an activating group) is 1. The second-order valence-corrected chi connectivity index (χ2v) is 9.37. The first-order valence-electron chi connectivity index (χ1n) is 13.8. The van der Waals surface area contributed by atoms with Gasteiger partial charge in [0.05, 0.1) is 0 Å². The van der Waals surface area contributed by atoms with Crippen molar-refractivity contribution in [2.45, 2.75) is 41.0 Å². The van der Waals surface area contributed by atoms with E-state index < -0.39 is 0 Å². The van der Waals surface area contributed by atoms with Crippen LogP contribution in [0.25, 0.3) is 0 Å². The first-order valence-corrected chi connectivity index (χ1v) is 13.8. The summed E-state index contributed by atoms with van der Waals surface area (Å²) in [4.78, 5) is 42.9. The van der Waals surface area contributed by atoms with Gasteiger partial charge in [0.15, 0.2) is 0 Å². The van der Waals surface area contributed by atoms with Gasteiger partial charge in [-0.3, -0.25) is 14.4 Å². The number of amides is 3. The molecule has 0 aromatic carbocycles. The second kappa shape index (κ2) is 21.4. The van der Waals surface area contributed by atoms with Crippen LogP contribution in [0, 0.1) is 0 Å². The van der Waals surface area contributed by atoms with Crippen LogP contribution in [0.5, 0.6) is 0 Å². The molecule has 0 fully saturated rings. The van der Waals surface area contributed by atoms with E-state index >= 15 is 0 Å². The quantitative estimate of drug-likeness (QED) is 0.119. The Labute approximate surface area is 230 Å². The van der Waals surface area contributed by atoms with Gasteiger partial charge < -0.3 is 36.4 Å². The van der Waals surface area contributed by atoms with E-state index in [0.717, 1.165) is 25.1 Å². The van der Waals surface area contributed by atoms with Gasteiger partial charge in [0, 0.05) is 95.3 Å². The lowest BCUT2D eigenvalue weighted by Gasteiger charge is -2.26. The van der Waals surface area contributed by atoms with Crippen LogP contribution < -0.4 is 21.7 Å². The topological polar surface area (TPSA) is 123 Å². The molecule has 0 bridgehead atoms. The number of carbonyl (C=O) groups excluding carboxylic acids is 3. The molecule has 0 aliphatic carbocycles. The van der Waals surface area contributed by atoms with Gasteiger partial charge in [-0.1, -0.05) is 33.1 Å². The van der Waals surface area contributed by atoms with Crippen molar-refractivity contribution in [3.05, 3.63) is 36.0 Å². The monoisotopic (exact) mass is 535 g/mol. The minimum atomic E-state index is -0.0846. The SMILES string of the molecule is C=C(C)C(=O)N(CCNCC)CCNCCN(CCNCCN(CCN)C(=O)/C(C)=C/CC)C(=O)C(=C)C. The van der Waals surface area contributed by atoms with Gasteiger partial charge in [-0.15, -0.1) is 0 Å². The molecule has 38 heavy (non-hydrogen) atoms. The molecule has 0 radical (unpaired) electrons. The summed E-state index contributed by atoms with van der Waals surface area (Å²) in [6.07, 6.45) is 2.74. The fraction of sp³-hybridized carbons (Fsp3) is 0.679. The van der Waals surface area contributed by atoms with Crippen LogP contribution in [0.1, 0.15) is 41.0 Å². The normalized spacial score (nSPS) is 11.3. The number of nitrogens with two attached hydrogens (primary N) is 1. The highest BCUT2D eigenvalue weighted by Gasteiger charge is 2.16. The van der Waals surface area contributed by atoms with E-state index in [1.54, 1.807) is 28.5 Å². The predicted molar refractivity (Wildman–Crippen MR) is 157 cm³/mol. The second-order valence-electron chi connectivity index (χ2n) is 9.37. The number of rotatable bonds is 22. The zero-order valence-corrected chi connectivity index (χ0v) is 24.5. The molecule has 0 aromatic rings.